The van der Waals surface area contributed by atoms with Crippen LogP contribution in [0.2, 0.25) is 0 Å². The minimum absolute atomic E-state index is 0.298. The van der Waals surface area contributed by atoms with Crippen molar-refractivity contribution < 1.29 is 9.53 Å². The predicted molar refractivity (Wildman–Crippen MR) is 144 cm³/mol. The van der Waals surface area contributed by atoms with E-state index in [2.05, 4.69) is 39.3 Å². The minimum atomic E-state index is -0.304. The molecule has 2 saturated heterocycles. The summed E-state index contributed by atoms with van der Waals surface area (Å²) in [7, 11) is 0. The van der Waals surface area contributed by atoms with Crippen LogP contribution in [0.4, 0.5) is 22.0 Å². The molecule has 2 atom stereocenters. The van der Waals surface area contributed by atoms with E-state index < -0.39 is 0 Å². The Balaban J connectivity index is 1.26. The van der Waals surface area contributed by atoms with Crippen LogP contribution in [0.1, 0.15) is 37.9 Å². The standard InChI is InChI=1S/C28H33N7O2/c1-18(2)34-14-11-24-25(17-34)32-26(33-27(24)35-15-22-7-8-23(16-35)37-22)19-3-5-20(6-4-19)30-28(36)31-21-9-12-29-13-10-21/h3-6,9-10,12-13,18,22-23H,7-8,11,14-17H2,1-2H3,(H2,29,30,31,36). The zero-order valence-electron chi connectivity index (χ0n) is 21.4. The first-order valence-electron chi connectivity index (χ1n) is 13.1. The van der Waals surface area contributed by atoms with E-state index in [9.17, 15) is 4.79 Å². The molecule has 0 saturated carbocycles. The minimum Gasteiger partial charge on any atom is -0.371 e. The highest BCUT2D eigenvalue weighted by atomic mass is 16.5. The zero-order chi connectivity index (χ0) is 25.4. The van der Waals surface area contributed by atoms with Gasteiger partial charge < -0.3 is 20.3 Å². The van der Waals surface area contributed by atoms with Crippen LogP contribution in [-0.4, -0.2) is 63.8 Å². The second-order valence-corrected chi connectivity index (χ2v) is 10.4. The molecule has 2 aromatic heterocycles. The summed E-state index contributed by atoms with van der Waals surface area (Å²) >= 11 is 0. The molecule has 2 N–H and O–H groups in total. The summed E-state index contributed by atoms with van der Waals surface area (Å²) in [6.45, 7) is 8.13. The molecule has 3 aliphatic rings. The summed E-state index contributed by atoms with van der Waals surface area (Å²) in [5.74, 6) is 1.80. The quantitative estimate of drug-likeness (QED) is 0.540. The van der Waals surface area contributed by atoms with Crippen molar-refractivity contribution in [3.63, 3.8) is 0 Å². The van der Waals surface area contributed by atoms with E-state index in [1.54, 1.807) is 24.5 Å². The number of ether oxygens (including phenoxy) is 1. The second kappa shape index (κ2) is 10.1. The van der Waals surface area contributed by atoms with Crippen molar-refractivity contribution in [2.24, 2.45) is 0 Å². The van der Waals surface area contributed by atoms with Gasteiger partial charge in [-0.1, -0.05) is 0 Å². The van der Waals surface area contributed by atoms with Gasteiger partial charge in [0.2, 0.25) is 0 Å². The molecule has 192 valence electrons. The number of morpholine rings is 1. The van der Waals surface area contributed by atoms with E-state index in [0.717, 1.165) is 68.3 Å². The molecular formula is C28H33N7O2. The van der Waals surface area contributed by atoms with Gasteiger partial charge in [-0.05, 0) is 69.5 Å². The number of nitrogens with one attached hydrogen (secondary N) is 2. The number of nitrogens with zero attached hydrogens (tertiary/aromatic N) is 5. The predicted octanol–water partition coefficient (Wildman–Crippen LogP) is 4.32. The second-order valence-electron chi connectivity index (χ2n) is 10.4. The van der Waals surface area contributed by atoms with E-state index >= 15 is 0 Å². The number of carbonyl (C=O) groups is 1. The van der Waals surface area contributed by atoms with E-state index in [-0.39, 0.29) is 6.03 Å². The highest BCUT2D eigenvalue weighted by molar-refractivity contribution is 5.99. The number of anilines is 3. The van der Waals surface area contributed by atoms with Gasteiger partial charge in [0.15, 0.2) is 5.82 Å². The number of fused-ring (bicyclic) bond motifs is 3. The van der Waals surface area contributed by atoms with Gasteiger partial charge in [-0.2, -0.15) is 0 Å². The fraction of sp³-hybridized carbons (Fsp3) is 0.429. The molecule has 2 unspecified atom stereocenters. The first kappa shape index (κ1) is 23.8. The van der Waals surface area contributed by atoms with Gasteiger partial charge in [-0.15, -0.1) is 0 Å². The first-order valence-corrected chi connectivity index (χ1v) is 13.1. The number of hydrogen-bond donors (Lipinski definition) is 2. The number of hydrogen-bond acceptors (Lipinski definition) is 7. The topological polar surface area (TPSA) is 95.5 Å². The molecule has 0 radical (unpaired) electrons. The van der Waals surface area contributed by atoms with Gasteiger partial charge in [-0.3, -0.25) is 9.88 Å². The number of benzene rings is 1. The fourth-order valence-corrected chi connectivity index (χ4v) is 5.48. The smallest absolute Gasteiger partial charge is 0.323 e. The van der Waals surface area contributed by atoms with Crippen molar-refractivity contribution >= 4 is 23.2 Å². The van der Waals surface area contributed by atoms with Gasteiger partial charge in [0.25, 0.3) is 0 Å². The molecule has 9 heteroatoms. The number of pyridine rings is 1. The molecule has 1 aromatic carbocycles. The number of carbonyl (C=O) groups excluding carboxylic acids is 1. The van der Waals surface area contributed by atoms with Gasteiger partial charge in [0.1, 0.15) is 5.82 Å². The molecule has 3 aliphatic heterocycles. The Hall–Kier alpha value is -3.56. The third-order valence-electron chi connectivity index (χ3n) is 7.49. The Morgan fingerprint density at radius 3 is 2.32 bits per heavy atom. The van der Waals surface area contributed by atoms with Crippen LogP contribution in [0.3, 0.4) is 0 Å². The maximum absolute atomic E-state index is 12.4. The normalized spacial score (nSPS) is 21.1. The third-order valence-corrected chi connectivity index (χ3v) is 7.49. The zero-order valence-corrected chi connectivity index (χ0v) is 21.4. The Bertz CT molecular complexity index is 1250. The summed E-state index contributed by atoms with van der Waals surface area (Å²) in [5.41, 5.74) is 4.73. The molecule has 2 fully saturated rings. The maximum atomic E-state index is 12.4. The summed E-state index contributed by atoms with van der Waals surface area (Å²) in [5, 5.41) is 5.68. The molecule has 9 nitrogen and oxygen atoms in total. The molecule has 0 spiro atoms. The number of urea groups is 1. The van der Waals surface area contributed by atoms with Crippen LogP contribution >= 0.6 is 0 Å². The number of amides is 2. The molecule has 2 bridgehead atoms. The third kappa shape index (κ3) is 5.14. The van der Waals surface area contributed by atoms with Crippen molar-refractivity contribution in [2.45, 2.75) is 57.9 Å². The fourth-order valence-electron chi connectivity index (χ4n) is 5.48. The highest BCUT2D eigenvalue weighted by Crippen LogP contribution is 2.35. The Labute approximate surface area is 217 Å². The summed E-state index contributed by atoms with van der Waals surface area (Å²) in [6.07, 6.45) is 7.10. The lowest BCUT2D eigenvalue weighted by Crippen LogP contribution is -2.44. The maximum Gasteiger partial charge on any atom is 0.323 e. The molecule has 6 rings (SSSR count). The molecule has 3 aromatic rings. The van der Waals surface area contributed by atoms with Gasteiger partial charge in [0, 0.05) is 67.1 Å². The first-order chi connectivity index (χ1) is 18.0. The Kier molecular flexibility index (Phi) is 6.48. The lowest BCUT2D eigenvalue weighted by Gasteiger charge is -2.37. The van der Waals surface area contributed by atoms with Crippen molar-refractivity contribution in [1.82, 2.24) is 19.9 Å². The highest BCUT2D eigenvalue weighted by Gasteiger charge is 2.36. The van der Waals surface area contributed by atoms with E-state index in [1.807, 2.05) is 24.3 Å². The molecular weight excluding hydrogens is 466 g/mol. The van der Waals surface area contributed by atoms with Crippen molar-refractivity contribution in [3.05, 3.63) is 60.0 Å². The van der Waals surface area contributed by atoms with Crippen LogP contribution in [0, 0.1) is 0 Å². The van der Waals surface area contributed by atoms with Gasteiger partial charge in [0.05, 0.1) is 17.9 Å². The van der Waals surface area contributed by atoms with Crippen LogP contribution in [0.15, 0.2) is 48.8 Å². The van der Waals surface area contributed by atoms with Crippen molar-refractivity contribution in [3.8, 4) is 11.4 Å². The number of aromatic nitrogens is 3. The molecule has 37 heavy (non-hydrogen) atoms. The lowest BCUT2D eigenvalue weighted by atomic mass is 10.0. The van der Waals surface area contributed by atoms with Crippen molar-refractivity contribution in [2.75, 3.05) is 35.2 Å². The van der Waals surface area contributed by atoms with E-state index in [1.165, 1.54) is 5.56 Å². The SMILES string of the molecule is CC(C)N1CCc2c(nc(-c3ccc(NC(=O)Nc4ccncc4)cc3)nc2N2CC3CCC(C2)O3)C1. The molecule has 0 aliphatic carbocycles. The Morgan fingerprint density at radius 1 is 0.973 bits per heavy atom. The van der Waals surface area contributed by atoms with Gasteiger partial charge >= 0.3 is 6.03 Å². The largest absolute Gasteiger partial charge is 0.371 e. The van der Waals surface area contributed by atoms with E-state index in [4.69, 9.17) is 14.7 Å². The van der Waals surface area contributed by atoms with Crippen LogP contribution in [0.5, 0.6) is 0 Å². The molecule has 5 heterocycles. The number of rotatable bonds is 5. The van der Waals surface area contributed by atoms with Gasteiger partial charge in [-0.25, -0.2) is 14.8 Å². The van der Waals surface area contributed by atoms with Crippen LogP contribution in [-0.2, 0) is 17.7 Å². The average Bonchev–Trinajstić information content (AvgIpc) is 3.25. The van der Waals surface area contributed by atoms with Crippen LogP contribution in [0.25, 0.3) is 11.4 Å². The van der Waals surface area contributed by atoms with Crippen LogP contribution < -0.4 is 15.5 Å². The van der Waals surface area contributed by atoms with Crippen molar-refractivity contribution in [1.29, 1.82) is 0 Å². The summed E-state index contributed by atoms with van der Waals surface area (Å²) in [6, 6.07) is 11.4. The average molecular weight is 500 g/mol. The summed E-state index contributed by atoms with van der Waals surface area (Å²) in [4.78, 5) is 31.4. The molecule has 2 amide bonds. The lowest BCUT2D eigenvalue weighted by molar-refractivity contribution is 0.0301. The summed E-state index contributed by atoms with van der Waals surface area (Å²) < 4.78 is 6.10. The Morgan fingerprint density at radius 2 is 1.65 bits per heavy atom. The monoisotopic (exact) mass is 499 g/mol. The van der Waals surface area contributed by atoms with E-state index in [0.29, 0.717) is 29.6 Å².